The first-order valence-electron chi connectivity index (χ1n) is 4.99. The van der Waals surface area contributed by atoms with Gasteiger partial charge < -0.3 is 4.74 Å². The smallest absolute Gasteiger partial charge is 0.0665 e. The minimum absolute atomic E-state index is 0.363. The Balaban J connectivity index is 2.28. The summed E-state index contributed by atoms with van der Waals surface area (Å²) in [4.78, 5) is 2.33. The first kappa shape index (κ1) is 9.68. The fourth-order valence-electron chi connectivity index (χ4n) is 2.04. The highest BCUT2D eigenvalue weighted by atomic mass is 16.5. The van der Waals surface area contributed by atoms with Crippen molar-refractivity contribution in [3.8, 4) is 0 Å². The van der Waals surface area contributed by atoms with Crippen LogP contribution in [0.3, 0.4) is 0 Å². The van der Waals surface area contributed by atoms with E-state index in [1.165, 1.54) is 5.56 Å². The lowest BCUT2D eigenvalue weighted by molar-refractivity contribution is 0.00461. The minimum atomic E-state index is 0.363. The number of H-pyrrole nitrogens is 1. The van der Waals surface area contributed by atoms with Crippen LogP contribution in [-0.2, 0) is 4.74 Å². The average molecular weight is 195 g/mol. The number of ether oxygens (including phenoxy) is 1. The van der Waals surface area contributed by atoms with Gasteiger partial charge in [-0.2, -0.15) is 5.10 Å². The monoisotopic (exact) mass is 195 g/mol. The summed E-state index contributed by atoms with van der Waals surface area (Å²) in [6.07, 6.45) is 0. The molecule has 1 aromatic rings. The van der Waals surface area contributed by atoms with Crippen molar-refractivity contribution < 1.29 is 4.74 Å². The maximum absolute atomic E-state index is 5.50. The first-order chi connectivity index (χ1) is 6.70. The number of likely N-dealkylation sites (N-methyl/N-ethyl adjacent to an activating group) is 1. The second-order valence-electron chi connectivity index (χ2n) is 3.92. The molecule has 1 N–H and O–H groups in total. The van der Waals surface area contributed by atoms with Crippen molar-refractivity contribution in [3.63, 3.8) is 0 Å². The normalized spacial score (nSPS) is 24.1. The Morgan fingerprint density at radius 1 is 1.50 bits per heavy atom. The molecule has 0 amide bonds. The highest BCUT2D eigenvalue weighted by molar-refractivity contribution is 5.27. The Morgan fingerprint density at radius 2 is 2.29 bits per heavy atom. The van der Waals surface area contributed by atoms with E-state index in [4.69, 9.17) is 4.74 Å². The summed E-state index contributed by atoms with van der Waals surface area (Å²) < 4.78 is 5.50. The van der Waals surface area contributed by atoms with Crippen LogP contribution >= 0.6 is 0 Å². The minimum Gasteiger partial charge on any atom is -0.378 e. The van der Waals surface area contributed by atoms with Crippen LogP contribution in [0.2, 0.25) is 0 Å². The largest absolute Gasteiger partial charge is 0.378 e. The van der Waals surface area contributed by atoms with E-state index in [0.29, 0.717) is 6.04 Å². The fraction of sp³-hybridized carbons (Fsp3) is 0.700. The van der Waals surface area contributed by atoms with Crippen LogP contribution in [0.5, 0.6) is 0 Å². The van der Waals surface area contributed by atoms with E-state index in [9.17, 15) is 0 Å². The zero-order valence-electron chi connectivity index (χ0n) is 9.00. The summed E-state index contributed by atoms with van der Waals surface area (Å²) in [6, 6.07) is 0.363. The predicted molar refractivity (Wildman–Crippen MR) is 54.3 cm³/mol. The molecule has 0 bridgehead atoms. The molecule has 2 rings (SSSR count). The van der Waals surface area contributed by atoms with E-state index in [-0.39, 0.29) is 0 Å². The topological polar surface area (TPSA) is 41.1 Å². The van der Waals surface area contributed by atoms with Crippen LogP contribution in [0.25, 0.3) is 0 Å². The molecule has 0 unspecified atom stereocenters. The van der Waals surface area contributed by atoms with Crippen LogP contribution in [0.15, 0.2) is 0 Å². The number of nitrogens with one attached hydrogen (secondary N) is 1. The maximum atomic E-state index is 5.50. The predicted octanol–water partition coefficient (Wildman–Crippen LogP) is 1.03. The summed E-state index contributed by atoms with van der Waals surface area (Å²) in [7, 11) is 2.14. The molecular weight excluding hydrogens is 178 g/mol. The van der Waals surface area contributed by atoms with Crippen molar-refractivity contribution in [1.29, 1.82) is 0 Å². The molecule has 1 atom stereocenters. The number of morpholine rings is 1. The van der Waals surface area contributed by atoms with Crippen molar-refractivity contribution in [3.05, 3.63) is 17.0 Å². The van der Waals surface area contributed by atoms with Gasteiger partial charge in [-0.1, -0.05) is 0 Å². The molecule has 1 saturated heterocycles. The standard InChI is InChI=1S/C10H17N3O/c1-7-10(8(2)12-11-7)9-6-14-5-4-13(9)3/h9H,4-6H2,1-3H3,(H,11,12)/t9-/m1/s1. The van der Waals surface area contributed by atoms with Gasteiger partial charge in [0.25, 0.3) is 0 Å². The van der Waals surface area contributed by atoms with E-state index in [1.54, 1.807) is 0 Å². The Hall–Kier alpha value is -0.870. The third-order valence-corrected chi connectivity index (χ3v) is 2.91. The third-order valence-electron chi connectivity index (χ3n) is 2.91. The zero-order valence-corrected chi connectivity index (χ0v) is 9.00. The van der Waals surface area contributed by atoms with Crippen molar-refractivity contribution in [2.75, 3.05) is 26.8 Å². The van der Waals surface area contributed by atoms with E-state index in [2.05, 4.69) is 29.1 Å². The summed E-state index contributed by atoms with van der Waals surface area (Å²) in [6.45, 7) is 6.72. The Kier molecular flexibility index (Phi) is 2.56. The van der Waals surface area contributed by atoms with Gasteiger partial charge in [0.1, 0.15) is 0 Å². The number of nitrogens with zero attached hydrogens (tertiary/aromatic N) is 2. The van der Waals surface area contributed by atoms with Gasteiger partial charge in [0.05, 0.1) is 24.9 Å². The maximum Gasteiger partial charge on any atom is 0.0665 e. The van der Waals surface area contributed by atoms with Gasteiger partial charge in [-0.15, -0.1) is 0 Å². The highest BCUT2D eigenvalue weighted by Crippen LogP contribution is 2.26. The van der Waals surface area contributed by atoms with Gasteiger partial charge in [-0.25, -0.2) is 0 Å². The molecule has 0 radical (unpaired) electrons. The van der Waals surface area contributed by atoms with Crippen LogP contribution in [0.4, 0.5) is 0 Å². The fourth-order valence-corrected chi connectivity index (χ4v) is 2.04. The molecule has 4 nitrogen and oxygen atoms in total. The molecule has 4 heteroatoms. The van der Waals surface area contributed by atoms with Gasteiger partial charge in [0.15, 0.2) is 0 Å². The summed E-state index contributed by atoms with van der Waals surface area (Å²) in [5.74, 6) is 0. The van der Waals surface area contributed by atoms with Crippen LogP contribution in [-0.4, -0.2) is 41.9 Å². The Morgan fingerprint density at radius 3 is 2.86 bits per heavy atom. The summed E-state index contributed by atoms with van der Waals surface area (Å²) >= 11 is 0. The number of hydrogen-bond acceptors (Lipinski definition) is 3. The molecule has 0 aromatic carbocycles. The lowest BCUT2D eigenvalue weighted by Crippen LogP contribution is -2.37. The van der Waals surface area contributed by atoms with Crippen LogP contribution < -0.4 is 0 Å². The molecule has 1 aromatic heterocycles. The molecule has 1 aliphatic heterocycles. The second-order valence-corrected chi connectivity index (χ2v) is 3.92. The average Bonchev–Trinajstić information content (AvgIpc) is 2.48. The molecule has 1 fully saturated rings. The SMILES string of the molecule is Cc1n[nH]c(C)c1[C@H]1COCCN1C. The van der Waals surface area contributed by atoms with Gasteiger partial charge >= 0.3 is 0 Å². The lowest BCUT2D eigenvalue weighted by atomic mass is 10.0. The van der Waals surface area contributed by atoms with Crippen LogP contribution in [0, 0.1) is 13.8 Å². The van der Waals surface area contributed by atoms with Crippen molar-refractivity contribution in [2.24, 2.45) is 0 Å². The molecular formula is C10H17N3O. The molecule has 14 heavy (non-hydrogen) atoms. The van der Waals surface area contributed by atoms with E-state index >= 15 is 0 Å². The van der Waals surface area contributed by atoms with Gasteiger partial charge in [-0.05, 0) is 20.9 Å². The third kappa shape index (κ3) is 1.55. The number of rotatable bonds is 1. The van der Waals surface area contributed by atoms with Gasteiger partial charge in [0.2, 0.25) is 0 Å². The number of aromatic amines is 1. The Bertz CT molecular complexity index is 302. The molecule has 0 spiro atoms. The van der Waals surface area contributed by atoms with Crippen molar-refractivity contribution >= 4 is 0 Å². The zero-order chi connectivity index (χ0) is 10.1. The van der Waals surface area contributed by atoms with Crippen molar-refractivity contribution in [2.45, 2.75) is 19.9 Å². The number of aromatic nitrogens is 2. The second kappa shape index (κ2) is 3.71. The van der Waals surface area contributed by atoms with Crippen molar-refractivity contribution in [1.82, 2.24) is 15.1 Å². The van der Waals surface area contributed by atoms with Gasteiger partial charge in [-0.3, -0.25) is 10.00 Å². The molecule has 1 aliphatic rings. The highest BCUT2D eigenvalue weighted by Gasteiger charge is 2.25. The lowest BCUT2D eigenvalue weighted by Gasteiger charge is -2.32. The summed E-state index contributed by atoms with van der Waals surface area (Å²) in [5, 5.41) is 7.24. The van der Waals surface area contributed by atoms with Crippen LogP contribution in [0.1, 0.15) is 23.0 Å². The number of aryl methyl sites for hydroxylation is 2. The molecule has 2 heterocycles. The molecule has 0 aliphatic carbocycles. The quantitative estimate of drug-likeness (QED) is 0.727. The van der Waals surface area contributed by atoms with E-state index < -0.39 is 0 Å². The first-order valence-corrected chi connectivity index (χ1v) is 4.99. The van der Waals surface area contributed by atoms with E-state index in [0.717, 1.165) is 31.1 Å². The number of hydrogen-bond donors (Lipinski definition) is 1. The Labute approximate surface area is 84.3 Å². The molecule has 0 saturated carbocycles. The van der Waals surface area contributed by atoms with E-state index in [1.807, 2.05) is 6.92 Å². The van der Waals surface area contributed by atoms with Gasteiger partial charge in [0, 0.05) is 17.8 Å². The summed E-state index contributed by atoms with van der Waals surface area (Å²) in [5.41, 5.74) is 3.54. The molecule has 78 valence electrons.